The summed E-state index contributed by atoms with van der Waals surface area (Å²) < 4.78 is 12.5. The van der Waals surface area contributed by atoms with Gasteiger partial charge in [0.25, 0.3) is 0 Å². The second-order valence-electron chi connectivity index (χ2n) is 33.9. The van der Waals surface area contributed by atoms with Gasteiger partial charge in [-0.15, -0.1) is 0 Å². The van der Waals surface area contributed by atoms with Gasteiger partial charge in [0, 0.05) is 66.5 Å². The predicted octanol–water partition coefficient (Wildman–Crippen LogP) is 32.7. The molecule has 0 N–H and O–H groups in total. The number of para-hydroxylation sites is 2. The molecule has 120 heavy (non-hydrogen) atoms. The first-order valence-corrected chi connectivity index (χ1v) is 41.7. The summed E-state index contributed by atoms with van der Waals surface area (Å²) in [5.74, 6) is 0. The number of benzene rings is 19. The van der Waals surface area contributed by atoms with Crippen molar-refractivity contribution in [2.45, 2.75) is 38.5 Å². The zero-order valence-corrected chi connectivity index (χ0v) is 66.8. The van der Waals surface area contributed by atoms with Gasteiger partial charge in [-0.05, 0) is 300 Å². The molecule has 19 aromatic carbocycles. The fourth-order valence-corrected chi connectivity index (χ4v) is 20.1. The topological polar surface area (TPSA) is 32.8 Å². The fraction of sp³-hybridized carbons (Fsp3) is 0.0517. The van der Waals surface area contributed by atoms with Crippen LogP contribution in [0.1, 0.15) is 49.9 Å². The van der Waals surface area contributed by atoms with Crippen molar-refractivity contribution in [1.82, 2.24) is 0 Å². The number of hydrogen-bond acceptors (Lipinski definition) is 4. The summed E-state index contributed by atoms with van der Waals surface area (Å²) in [6.07, 6.45) is 0. The summed E-state index contributed by atoms with van der Waals surface area (Å²) in [4.78, 5) is 4.85. The Hall–Kier alpha value is -15.1. The number of anilines is 6. The summed E-state index contributed by atoms with van der Waals surface area (Å²) in [5, 5.41) is 9.52. The van der Waals surface area contributed by atoms with E-state index in [9.17, 15) is 0 Å². The SMILES string of the molecule is CC1(C)c2cc(-c3ccccc3)ccc2-c2ccc(N(c3ccc(-c4ccc5cc(-c6ccc(-c7ccc8c(c7)C(C)(C)c7cc(N(c9ccc(-c%10ccc%11oc%12ccccc%12c%11c%10)cc9)c9ccc(-c%10ccc%11c%12c(cccc%10%12)-c%10ccccc%10-%11)cc9)ccc7-8)cc6)ccc5c4)cc3)c3ccc(-c4ccc5oc6ccccc6c5c4)cc3)cc21. The smallest absolute Gasteiger partial charge is 0.135 e. The van der Waals surface area contributed by atoms with Crippen LogP contribution in [-0.2, 0) is 10.8 Å². The Morgan fingerprint density at radius 2 is 0.467 bits per heavy atom. The minimum absolute atomic E-state index is 0.222. The summed E-state index contributed by atoms with van der Waals surface area (Å²) >= 11 is 0. The highest BCUT2D eigenvalue weighted by Crippen LogP contribution is 2.56. The molecule has 0 saturated heterocycles. The maximum absolute atomic E-state index is 6.25. The molecule has 0 spiro atoms. The van der Waals surface area contributed by atoms with E-state index in [1.807, 2.05) is 24.3 Å². The Balaban J connectivity index is 0.507. The van der Waals surface area contributed by atoms with Gasteiger partial charge in [-0.25, -0.2) is 0 Å². The number of hydrogen-bond donors (Lipinski definition) is 0. The molecule has 564 valence electrons. The van der Waals surface area contributed by atoms with Gasteiger partial charge < -0.3 is 18.6 Å². The molecule has 0 radical (unpaired) electrons. The lowest BCUT2D eigenvalue weighted by molar-refractivity contribution is 0.660. The lowest BCUT2D eigenvalue weighted by Gasteiger charge is -2.28. The zero-order valence-electron chi connectivity index (χ0n) is 66.8. The molecule has 0 saturated carbocycles. The zero-order chi connectivity index (χ0) is 79.6. The number of rotatable bonds is 13. The van der Waals surface area contributed by atoms with Crippen molar-refractivity contribution in [3.05, 3.63) is 423 Å². The highest BCUT2D eigenvalue weighted by atomic mass is 16.3. The van der Waals surface area contributed by atoms with E-state index < -0.39 is 0 Å². The van der Waals surface area contributed by atoms with Crippen LogP contribution in [0.2, 0.25) is 0 Å². The Morgan fingerprint density at radius 1 is 0.175 bits per heavy atom. The summed E-state index contributed by atoms with van der Waals surface area (Å²) in [7, 11) is 0. The Morgan fingerprint density at radius 3 is 0.925 bits per heavy atom. The fourth-order valence-electron chi connectivity index (χ4n) is 20.1. The van der Waals surface area contributed by atoms with Crippen molar-refractivity contribution in [3.63, 3.8) is 0 Å². The second kappa shape index (κ2) is 26.7. The summed E-state index contributed by atoms with van der Waals surface area (Å²) in [6, 6.07) is 148. The van der Waals surface area contributed by atoms with Gasteiger partial charge in [0.05, 0.1) is 0 Å². The van der Waals surface area contributed by atoms with Crippen molar-refractivity contribution in [1.29, 1.82) is 0 Å². The molecular weight excluding hydrogens is 1450 g/mol. The average Bonchev–Trinajstić information content (AvgIpc) is 1.57. The molecule has 3 aliphatic carbocycles. The molecule has 2 heterocycles. The highest BCUT2D eigenvalue weighted by Gasteiger charge is 2.39. The molecule has 3 aliphatic rings. The monoisotopic (exact) mass is 1530 g/mol. The number of nitrogens with zero attached hydrogens (tertiary/aromatic N) is 2. The normalized spacial score (nSPS) is 13.1. The van der Waals surface area contributed by atoms with Crippen molar-refractivity contribution in [2.75, 3.05) is 9.80 Å². The van der Waals surface area contributed by atoms with Gasteiger partial charge in [-0.2, -0.15) is 0 Å². The molecule has 21 aromatic rings. The minimum Gasteiger partial charge on any atom is -0.456 e. The van der Waals surface area contributed by atoms with E-state index in [4.69, 9.17) is 8.83 Å². The van der Waals surface area contributed by atoms with Crippen LogP contribution in [0.5, 0.6) is 0 Å². The van der Waals surface area contributed by atoms with Crippen molar-refractivity contribution in [3.8, 4) is 122 Å². The van der Waals surface area contributed by atoms with E-state index >= 15 is 0 Å². The highest BCUT2D eigenvalue weighted by molar-refractivity contribution is 6.19. The number of furan rings is 2. The number of fused-ring (bicyclic) bond motifs is 16. The van der Waals surface area contributed by atoms with Crippen molar-refractivity contribution >= 4 is 99.5 Å². The molecule has 0 bridgehead atoms. The van der Waals surface area contributed by atoms with Crippen LogP contribution in [0, 0.1) is 0 Å². The minimum atomic E-state index is -0.287. The van der Waals surface area contributed by atoms with Gasteiger partial charge in [-0.1, -0.05) is 295 Å². The Bertz CT molecular complexity index is 7770. The maximum Gasteiger partial charge on any atom is 0.135 e. The molecule has 2 aromatic heterocycles. The molecule has 0 fully saturated rings. The molecule has 0 unspecified atom stereocenters. The molecule has 4 nitrogen and oxygen atoms in total. The van der Waals surface area contributed by atoms with E-state index in [1.165, 1.54) is 138 Å². The first-order chi connectivity index (χ1) is 58.9. The standard InChI is InChI=1S/C116H78N2O2/c1-115(2)106-67-84(71-15-6-5-7-16-71)41-55-95(106)97-57-53-90(69-108(97)115)117(87-47-35-75(36-48-87)82-43-61-112-104(65-82)99-19-10-12-23-110(99)119-112)86-45-33-74(34-46-86)79-30-32-80-63-78(29-31-81(80)64-79)72-25-27-73(28-26-72)85-42-56-96-98-58-54-91(70-109(98)116(3,4)107(96)68-85)118(88-49-37-76(38-50-88)83-44-62-113-105(66-83)100-20-11-13-24-111(100)120-113)89-51-39-77(40-52-89)92-59-60-103-94-18-9-8-17-93(94)102-22-14-21-101(92)114(102)103/h5-70H,1-4H3. The van der Waals surface area contributed by atoms with Crippen molar-refractivity contribution < 1.29 is 8.83 Å². The summed E-state index contributed by atoms with van der Waals surface area (Å²) in [6.45, 7) is 9.56. The van der Waals surface area contributed by atoms with Crippen LogP contribution in [0.15, 0.2) is 409 Å². The van der Waals surface area contributed by atoms with Crippen molar-refractivity contribution in [2.24, 2.45) is 0 Å². The molecule has 0 aliphatic heterocycles. The van der Waals surface area contributed by atoms with Gasteiger partial charge >= 0.3 is 0 Å². The lowest BCUT2D eigenvalue weighted by atomic mass is 9.81. The predicted molar refractivity (Wildman–Crippen MR) is 503 cm³/mol. The van der Waals surface area contributed by atoms with Crippen LogP contribution in [-0.4, -0.2) is 0 Å². The molecule has 0 amide bonds. The van der Waals surface area contributed by atoms with Gasteiger partial charge in [-0.3, -0.25) is 0 Å². The third-order valence-corrected chi connectivity index (χ3v) is 26.4. The van der Waals surface area contributed by atoms with E-state index in [1.54, 1.807) is 0 Å². The van der Waals surface area contributed by atoms with E-state index in [2.05, 4.69) is 414 Å². The average molecular weight is 1530 g/mol. The summed E-state index contributed by atoms with van der Waals surface area (Å²) in [5.41, 5.74) is 42.0. The molecular formula is C116H78N2O2. The molecule has 0 atom stereocenters. The van der Waals surface area contributed by atoms with E-state index in [-0.39, 0.29) is 10.8 Å². The quantitative estimate of drug-likeness (QED) is 0.115. The van der Waals surface area contributed by atoms with Crippen LogP contribution < -0.4 is 9.80 Å². The van der Waals surface area contributed by atoms with Crippen LogP contribution in [0.3, 0.4) is 0 Å². The Kier molecular flexibility index (Phi) is 15.4. The van der Waals surface area contributed by atoms with Crippen LogP contribution >= 0.6 is 0 Å². The van der Waals surface area contributed by atoms with Gasteiger partial charge in [0.15, 0.2) is 0 Å². The second-order valence-corrected chi connectivity index (χ2v) is 33.9. The van der Waals surface area contributed by atoms with Gasteiger partial charge in [0.1, 0.15) is 22.3 Å². The van der Waals surface area contributed by atoms with E-state index in [0.717, 1.165) is 106 Å². The van der Waals surface area contributed by atoms with Crippen LogP contribution in [0.25, 0.3) is 188 Å². The maximum atomic E-state index is 6.25. The molecule has 4 heteroatoms. The third kappa shape index (κ3) is 11.1. The van der Waals surface area contributed by atoms with Crippen LogP contribution in [0.4, 0.5) is 34.1 Å². The molecule has 24 rings (SSSR count). The van der Waals surface area contributed by atoms with Gasteiger partial charge in [0.2, 0.25) is 0 Å². The first-order valence-electron chi connectivity index (χ1n) is 41.7. The third-order valence-electron chi connectivity index (χ3n) is 26.4. The lowest BCUT2D eigenvalue weighted by Crippen LogP contribution is -2.16. The first kappa shape index (κ1) is 69.2. The van der Waals surface area contributed by atoms with E-state index in [0.29, 0.717) is 0 Å². The largest absolute Gasteiger partial charge is 0.456 e. The Labute approximate surface area is 697 Å².